The highest BCUT2D eigenvalue weighted by molar-refractivity contribution is 5.97. The Bertz CT molecular complexity index is 2180. The molecule has 3 N–H and O–H groups in total. The van der Waals surface area contributed by atoms with E-state index in [0.29, 0.717) is 33.6 Å². The number of rotatable bonds is 6. The van der Waals surface area contributed by atoms with Gasteiger partial charge in [0.2, 0.25) is 0 Å². The van der Waals surface area contributed by atoms with Crippen molar-refractivity contribution in [3.8, 4) is 17.2 Å². The van der Waals surface area contributed by atoms with Crippen LogP contribution < -0.4 is 0 Å². The first-order chi connectivity index (χ1) is 21.7. The molecule has 6 aromatic carbocycles. The molecule has 0 saturated heterocycles. The Kier molecular flexibility index (Phi) is 7.75. The maximum absolute atomic E-state index is 11.2. The number of nitrogens with zero attached hydrogens (tertiary/aromatic N) is 6. The first kappa shape index (κ1) is 29.1. The number of phenols is 3. The van der Waals surface area contributed by atoms with Gasteiger partial charge < -0.3 is 15.3 Å². The number of fused-ring (bicyclic) bond motifs is 2. The summed E-state index contributed by atoms with van der Waals surface area (Å²) in [5.41, 5.74) is 6.11. The number of aryl methyl sites for hydroxylation is 4. The number of hydrogen-bond donors (Lipinski definition) is 3. The summed E-state index contributed by atoms with van der Waals surface area (Å²) in [6, 6.07) is 27.4. The van der Waals surface area contributed by atoms with Crippen LogP contribution in [0.3, 0.4) is 0 Å². The highest BCUT2D eigenvalue weighted by Gasteiger charge is 2.13. The van der Waals surface area contributed by atoms with Crippen LogP contribution in [0.2, 0.25) is 0 Å². The zero-order valence-electron chi connectivity index (χ0n) is 25.2. The first-order valence-electron chi connectivity index (χ1n) is 14.3. The number of benzene rings is 6. The quantitative estimate of drug-likeness (QED) is 0.165. The van der Waals surface area contributed by atoms with E-state index in [2.05, 4.69) is 36.8 Å². The van der Waals surface area contributed by atoms with Crippen molar-refractivity contribution < 1.29 is 15.3 Å². The minimum Gasteiger partial charge on any atom is -0.506 e. The Morgan fingerprint density at radius 3 is 1.84 bits per heavy atom. The van der Waals surface area contributed by atoms with Gasteiger partial charge in [0, 0.05) is 16.8 Å². The van der Waals surface area contributed by atoms with Gasteiger partial charge in [0.15, 0.2) is 5.75 Å². The molecular formula is C36H30N6O3. The molecule has 45 heavy (non-hydrogen) atoms. The summed E-state index contributed by atoms with van der Waals surface area (Å²) >= 11 is 0. The van der Waals surface area contributed by atoms with Crippen LogP contribution >= 0.6 is 0 Å². The van der Waals surface area contributed by atoms with Gasteiger partial charge in [0.05, 0.1) is 17.1 Å². The van der Waals surface area contributed by atoms with Crippen molar-refractivity contribution in [3.05, 3.63) is 113 Å². The van der Waals surface area contributed by atoms with Crippen LogP contribution in [0.15, 0.2) is 122 Å². The zero-order chi connectivity index (χ0) is 31.7. The fourth-order valence-electron chi connectivity index (χ4n) is 5.23. The summed E-state index contributed by atoms with van der Waals surface area (Å²) < 4.78 is 0. The normalized spacial score (nSPS) is 12.0. The predicted octanol–water partition coefficient (Wildman–Crippen LogP) is 11.6. The van der Waals surface area contributed by atoms with Gasteiger partial charge in [-0.25, -0.2) is 0 Å². The van der Waals surface area contributed by atoms with Crippen molar-refractivity contribution in [3.63, 3.8) is 0 Å². The van der Waals surface area contributed by atoms with E-state index >= 15 is 0 Å². The van der Waals surface area contributed by atoms with E-state index in [1.165, 1.54) is 6.07 Å². The van der Waals surface area contributed by atoms with Gasteiger partial charge in [-0.2, -0.15) is 15.3 Å². The molecule has 0 amide bonds. The second-order valence-corrected chi connectivity index (χ2v) is 11.0. The maximum Gasteiger partial charge on any atom is 0.151 e. The van der Waals surface area contributed by atoms with Gasteiger partial charge >= 0.3 is 0 Å². The molecule has 0 atom stereocenters. The van der Waals surface area contributed by atoms with Crippen LogP contribution in [-0.2, 0) is 0 Å². The van der Waals surface area contributed by atoms with Gasteiger partial charge in [0.1, 0.15) is 28.6 Å². The molecule has 0 spiro atoms. The summed E-state index contributed by atoms with van der Waals surface area (Å²) in [6.07, 6.45) is 0. The molecular weight excluding hydrogens is 564 g/mol. The third kappa shape index (κ3) is 6.09. The minimum absolute atomic E-state index is 0.0696. The third-order valence-electron chi connectivity index (χ3n) is 7.42. The molecule has 0 unspecified atom stereocenters. The van der Waals surface area contributed by atoms with Gasteiger partial charge in [0.25, 0.3) is 0 Å². The second-order valence-electron chi connectivity index (χ2n) is 11.0. The summed E-state index contributed by atoms with van der Waals surface area (Å²) in [7, 11) is 0. The zero-order valence-corrected chi connectivity index (χ0v) is 25.2. The molecule has 6 aromatic rings. The summed E-state index contributed by atoms with van der Waals surface area (Å²) in [5, 5.41) is 61.3. The van der Waals surface area contributed by atoms with E-state index in [0.717, 1.165) is 33.0 Å². The first-order valence-corrected chi connectivity index (χ1v) is 14.3. The van der Waals surface area contributed by atoms with Crippen LogP contribution in [0.4, 0.5) is 34.1 Å². The number of azo groups is 3. The highest BCUT2D eigenvalue weighted by Crippen LogP contribution is 2.42. The van der Waals surface area contributed by atoms with Crippen LogP contribution in [0, 0.1) is 27.7 Å². The van der Waals surface area contributed by atoms with Crippen LogP contribution in [0.5, 0.6) is 17.2 Å². The largest absolute Gasteiger partial charge is 0.506 e. The molecule has 222 valence electrons. The molecule has 0 radical (unpaired) electrons. The fourth-order valence-corrected chi connectivity index (χ4v) is 5.23. The Balaban J connectivity index is 1.28. The van der Waals surface area contributed by atoms with E-state index in [-0.39, 0.29) is 28.6 Å². The predicted molar refractivity (Wildman–Crippen MR) is 177 cm³/mol. The Morgan fingerprint density at radius 2 is 1.07 bits per heavy atom. The lowest BCUT2D eigenvalue weighted by Gasteiger charge is -2.09. The fraction of sp³-hybridized carbons (Fsp3) is 0.111. The van der Waals surface area contributed by atoms with E-state index in [1.807, 2.05) is 82.3 Å². The summed E-state index contributed by atoms with van der Waals surface area (Å²) in [4.78, 5) is 0. The SMILES string of the molecule is Cc1cc(C)cc(N=Nc2ccc(N=Nc3c(C)cc4ccc(N=Nc5c(O)c(C)cc6ccccc56)cc4c3O)c(O)c2)c1. The maximum atomic E-state index is 11.2. The van der Waals surface area contributed by atoms with Gasteiger partial charge in [-0.15, -0.1) is 15.3 Å². The van der Waals surface area contributed by atoms with Gasteiger partial charge in [-0.05, 0) is 109 Å². The van der Waals surface area contributed by atoms with Crippen molar-refractivity contribution in [2.45, 2.75) is 27.7 Å². The van der Waals surface area contributed by atoms with E-state index in [1.54, 1.807) is 24.3 Å². The molecule has 9 heteroatoms. The highest BCUT2D eigenvalue weighted by atomic mass is 16.3. The molecule has 6 rings (SSSR count). The van der Waals surface area contributed by atoms with E-state index in [9.17, 15) is 15.3 Å². The lowest BCUT2D eigenvalue weighted by Crippen LogP contribution is -1.81. The lowest BCUT2D eigenvalue weighted by molar-refractivity contribution is 0.473. The summed E-state index contributed by atoms with van der Waals surface area (Å²) in [6.45, 7) is 7.64. The average molecular weight is 595 g/mol. The third-order valence-corrected chi connectivity index (χ3v) is 7.42. The lowest BCUT2D eigenvalue weighted by atomic mass is 10.0. The van der Waals surface area contributed by atoms with E-state index < -0.39 is 0 Å². The topological polar surface area (TPSA) is 135 Å². The van der Waals surface area contributed by atoms with Crippen LogP contribution in [0.25, 0.3) is 21.5 Å². The molecule has 0 saturated carbocycles. The standard InChI is InChI=1S/C36H30N6O3/c1-20-13-21(2)15-28(14-20)39-37-27-11-12-31(32(43)19-27)40-41-33-22(3)16-25-9-10-26(18-30(25)36(33)45)38-42-34-29-8-6-5-7-24(29)17-23(4)35(34)44/h5-19,43-45H,1-4H3. The Labute approximate surface area is 259 Å². The van der Waals surface area contributed by atoms with Crippen molar-refractivity contribution >= 4 is 55.7 Å². The number of aromatic hydroxyl groups is 3. The molecule has 0 heterocycles. The molecule has 0 aromatic heterocycles. The monoisotopic (exact) mass is 594 g/mol. The van der Waals surface area contributed by atoms with Gasteiger partial charge in [-0.1, -0.05) is 36.4 Å². The Morgan fingerprint density at radius 1 is 0.444 bits per heavy atom. The molecule has 0 aliphatic carbocycles. The smallest absolute Gasteiger partial charge is 0.151 e. The molecule has 0 aliphatic rings. The second kappa shape index (κ2) is 12.0. The minimum atomic E-state index is -0.122. The molecule has 0 aliphatic heterocycles. The Hall–Kier alpha value is -5.96. The van der Waals surface area contributed by atoms with E-state index in [4.69, 9.17) is 0 Å². The molecule has 0 bridgehead atoms. The number of phenolic OH excluding ortho intramolecular Hbond substituents is 3. The van der Waals surface area contributed by atoms with Crippen LogP contribution in [0.1, 0.15) is 22.3 Å². The van der Waals surface area contributed by atoms with Gasteiger partial charge in [-0.3, -0.25) is 0 Å². The van der Waals surface area contributed by atoms with Crippen molar-refractivity contribution in [2.24, 2.45) is 30.7 Å². The van der Waals surface area contributed by atoms with Crippen LogP contribution in [-0.4, -0.2) is 15.3 Å². The number of hydrogen-bond acceptors (Lipinski definition) is 9. The van der Waals surface area contributed by atoms with Crippen molar-refractivity contribution in [1.29, 1.82) is 0 Å². The summed E-state index contributed by atoms with van der Waals surface area (Å²) in [5.74, 6) is -0.128. The van der Waals surface area contributed by atoms with Crippen molar-refractivity contribution in [2.75, 3.05) is 0 Å². The molecule has 0 fully saturated rings. The average Bonchev–Trinajstić information content (AvgIpc) is 3.00. The molecule has 9 nitrogen and oxygen atoms in total. The van der Waals surface area contributed by atoms with Crippen molar-refractivity contribution in [1.82, 2.24) is 0 Å².